The van der Waals surface area contributed by atoms with Gasteiger partial charge in [0.25, 0.3) is 0 Å². The molecular weight excluding hydrogens is 292 g/mol. The Morgan fingerprint density at radius 1 is 1.06 bits per heavy atom. The molecule has 1 aliphatic carbocycles. The predicted octanol–water partition coefficient (Wildman–Crippen LogP) is 3.79. The lowest BCUT2D eigenvalue weighted by Crippen LogP contribution is -2.31. The first-order valence-corrected chi connectivity index (χ1v) is 6.70. The average molecular weight is 307 g/mol. The Bertz CT molecular complexity index is 502. The van der Waals surface area contributed by atoms with Gasteiger partial charge in [0, 0.05) is 17.3 Å². The molecule has 0 aliphatic heterocycles. The second-order valence-electron chi connectivity index (χ2n) is 5.47. The normalized spacial score (nSPS) is 18.9. The molecule has 0 heterocycles. The van der Waals surface area contributed by atoms with E-state index in [1.165, 1.54) is 0 Å². The first-order chi connectivity index (χ1) is 8.37. The van der Waals surface area contributed by atoms with Crippen molar-refractivity contribution in [1.82, 2.24) is 0 Å². The third kappa shape index (κ3) is 2.96. The zero-order valence-electron chi connectivity index (χ0n) is 10.5. The third-order valence-electron chi connectivity index (χ3n) is 3.06. The van der Waals surface area contributed by atoms with Crippen molar-refractivity contribution in [3.05, 3.63) is 39.9 Å². The number of hydrogen-bond acceptors (Lipinski definition) is 2. The predicted molar refractivity (Wildman–Crippen MR) is 75.1 cm³/mol. The molecule has 0 aromatic heterocycles. The van der Waals surface area contributed by atoms with E-state index >= 15 is 0 Å². The second kappa shape index (κ2) is 4.81. The highest BCUT2D eigenvalue weighted by Crippen LogP contribution is 2.34. The number of ketones is 2. The highest BCUT2D eigenvalue weighted by Gasteiger charge is 2.35. The summed E-state index contributed by atoms with van der Waals surface area (Å²) < 4.78 is 0.979. The summed E-state index contributed by atoms with van der Waals surface area (Å²) in [4.78, 5) is 24.0. The minimum absolute atomic E-state index is 0.0424. The third-order valence-corrected chi connectivity index (χ3v) is 3.59. The van der Waals surface area contributed by atoms with Gasteiger partial charge in [0.2, 0.25) is 0 Å². The minimum Gasteiger partial charge on any atom is -0.294 e. The lowest BCUT2D eigenvalue weighted by Gasteiger charge is -2.28. The maximum absolute atomic E-state index is 12.0. The summed E-state index contributed by atoms with van der Waals surface area (Å²) in [5, 5.41) is 0. The summed E-state index contributed by atoms with van der Waals surface area (Å²) in [5.41, 5.74) is 1.02. The van der Waals surface area contributed by atoms with Crippen molar-refractivity contribution >= 4 is 33.6 Å². The molecule has 0 radical (unpaired) electrons. The van der Waals surface area contributed by atoms with Crippen molar-refractivity contribution in [1.29, 1.82) is 0 Å². The molecule has 0 spiro atoms. The van der Waals surface area contributed by atoms with Crippen LogP contribution in [0.2, 0.25) is 0 Å². The number of halogens is 1. The first-order valence-electron chi connectivity index (χ1n) is 5.91. The quantitative estimate of drug-likeness (QED) is 0.584. The van der Waals surface area contributed by atoms with Crippen LogP contribution in [0.5, 0.6) is 0 Å². The summed E-state index contributed by atoms with van der Waals surface area (Å²) in [6.07, 6.45) is 2.59. The van der Waals surface area contributed by atoms with Crippen molar-refractivity contribution in [2.75, 3.05) is 0 Å². The molecule has 1 saturated carbocycles. The van der Waals surface area contributed by atoms with Gasteiger partial charge in [0.1, 0.15) is 0 Å². The van der Waals surface area contributed by atoms with E-state index in [1.54, 1.807) is 6.08 Å². The molecule has 0 N–H and O–H groups in total. The van der Waals surface area contributed by atoms with Crippen LogP contribution in [-0.2, 0) is 9.59 Å². The van der Waals surface area contributed by atoms with Gasteiger partial charge in [-0.15, -0.1) is 0 Å². The topological polar surface area (TPSA) is 34.1 Å². The van der Waals surface area contributed by atoms with Crippen molar-refractivity contribution in [2.24, 2.45) is 5.41 Å². The molecule has 3 heteroatoms. The van der Waals surface area contributed by atoms with E-state index < -0.39 is 0 Å². The monoisotopic (exact) mass is 306 g/mol. The standard InChI is InChI=1S/C15H15BrO2/c1-15(2)8-13(17)12(14(18)9-15)7-10-3-5-11(16)6-4-10/h3-7H,8-9H2,1-2H3. The van der Waals surface area contributed by atoms with E-state index in [2.05, 4.69) is 15.9 Å². The van der Waals surface area contributed by atoms with Gasteiger partial charge in [-0.3, -0.25) is 9.59 Å². The molecule has 0 unspecified atom stereocenters. The van der Waals surface area contributed by atoms with Gasteiger partial charge in [0.15, 0.2) is 11.6 Å². The van der Waals surface area contributed by atoms with Crippen LogP contribution in [0.25, 0.3) is 6.08 Å². The number of Topliss-reactive ketones (excluding diaryl/α,β-unsaturated/α-hetero) is 2. The van der Waals surface area contributed by atoms with E-state index in [0.717, 1.165) is 10.0 Å². The number of allylic oxidation sites excluding steroid dienone is 1. The van der Waals surface area contributed by atoms with Crippen molar-refractivity contribution in [3.63, 3.8) is 0 Å². The smallest absolute Gasteiger partial charge is 0.167 e. The summed E-state index contributed by atoms with van der Waals surface area (Å²) in [7, 11) is 0. The van der Waals surface area contributed by atoms with Crippen LogP contribution in [0.15, 0.2) is 34.3 Å². The Labute approximate surface area is 115 Å². The highest BCUT2D eigenvalue weighted by atomic mass is 79.9. The molecule has 0 atom stereocenters. The maximum atomic E-state index is 12.0. The molecule has 0 amide bonds. The molecule has 2 nitrogen and oxygen atoms in total. The molecule has 0 bridgehead atoms. The van der Waals surface area contributed by atoms with Gasteiger partial charge in [0.05, 0.1) is 5.57 Å². The van der Waals surface area contributed by atoms with Gasteiger partial charge in [-0.1, -0.05) is 41.9 Å². The lowest BCUT2D eigenvalue weighted by atomic mass is 9.74. The summed E-state index contributed by atoms with van der Waals surface area (Å²) >= 11 is 3.35. The van der Waals surface area contributed by atoms with Gasteiger partial charge in [-0.25, -0.2) is 0 Å². The summed E-state index contributed by atoms with van der Waals surface area (Å²) in [5.74, 6) is -0.0849. The molecule has 18 heavy (non-hydrogen) atoms. The fourth-order valence-corrected chi connectivity index (χ4v) is 2.43. The fourth-order valence-electron chi connectivity index (χ4n) is 2.16. The Balaban J connectivity index is 2.30. The van der Waals surface area contributed by atoms with Gasteiger partial charge in [-0.05, 0) is 29.2 Å². The maximum Gasteiger partial charge on any atom is 0.167 e. The number of carbonyl (C=O) groups is 2. The van der Waals surface area contributed by atoms with Crippen LogP contribution in [0.4, 0.5) is 0 Å². The Hall–Kier alpha value is -1.22. The SMILES string of the molecule is CC1(C)CC(=O)C(=Cc2ccc(Br)cc2)C(=O)C1. The summed E-state index contributed by atoms with van der Waals surface area (Å²) in [6, 6.07) is 7.57. The Kier molecular flexibility index (Phi) is 3.53. The zero-order chi connectivity index (χ0) is 13.3. The van der Waals surface area contributed by atoms with Crippen LogP contribution < -0.4 is 0 Å². The number of rotatable bonds is 1. The molecule has 2 rings (SSSR count). The van der Waals surface area contributed by atoms with Crippen molar-refractivity contribution < 1.29 is 9.59 Å². The average Bonchev–Trinajstić information content (AvgIpc) is 2.24. The van der Waals surface area contributed by atoms with Crippen molar-refractivity contribution in [2.45, 2.75) is 26.7 Å². The Morgan fingerprint density at radius 3 is 2.06 bits per heavy atom. The van der Waals surface area contributed by atoms with Gasteiger partial charge >= 0.3 is 0 Å². The molecule has 1 aromatic rings. The van der Waals surface area contributed by atoms with Gasteiger partial charge < -0.3 is 0 Å². The van der Waals surface area contributed by atoms with E-state index in [-0.39, 0.29) is 17.0 Å². The molecule has 1 aromatic carbocycles. The molecule has 94 valence electrons. The lowest BCUT2D eigenvalue weighted by molar-refractivity contribution is -0.127. The van der Waals surface area contributed by atoms with Crippen LogP contribution in [-0.4, -0.2) is 11.6 Å². The van der Waals surface area contributed by atoms with Gasteiger partial charge in [-0.2, -0.15) is 0 Å². The molecule has 1 fully saturated rings. The number of benzene rings is 1. The fraction of sp³-hybridized carbons (Fsp3) is 0.333. The largest absolute Gasteiger partial charge is 0.294 e. The highest BCUT2D eigenvalue weighted by molar-refractivity contribution is 9.10. The molecule has 1 aliphatic rings. The minimum atomic E-state index is -0.203. The Morgan fingerprint density at radius 2 is 1.56 bits per heavy atom. The van der Waals surface area contributed by atoms with E-state index in [0.29, 0.717) is 18.4 Å². The van der Waals surface area contributed by atoms with E-state index in [4.69, 9.17) is 0 Å². The first kappa shape index (κ1) is 13.2. The number of hydrogen-bond donors (Lipinski definition) is 0. The van der Waals surface area contributed by atoms with Crippen LogP contribution in [0.3, 0.4) is 0 Å². The van der Waals surface area contributed by atoms with E-state index in [1.807, 2.05) is 38.1 Å². The van der Waals surface area contributed by atoms with E-state index in [9.17, 15) is 9.59 Å². The van der Waals surface area contributed by atoms with Crippen LogP contribution >= 0.6 is 15.9 Å². The number of carbonyl (C=O) groups excluding carboxylic acids is 2. The molecular formula is C15H15BrO2. The van der Waals surface area contributed by atoms with Crippen LogP contribution in [0.1, 0.15) is 32.3 Å². The van der Waals surface area contributed by atoms with Crippen molar-refractivity contribution in [3.8, 4) is 0 Å². The second-order valence-corrected chi connectivity index (χ2v) is 6.39. The summed E-state index contributed by atoms with van der Waals surface area (Å²) in [6.45, 7) is 3.92. The molecule has 0 saturated heterocycles. The van der Waals surface area contributed by atoms with Crippen LogP contribution in [0, 0.1) is 5.41 Å². The zero-order valence-corrected chi connectivity index (χ0v) is 12.1.